The molecule has 0 unspecified atom stereocenters. The molecule has 2 atom stereocenters. The van der Waals surface area contributed by atoms with Gasteiger partial charge in [-0.2, -0.15) is 0 Å². The zero-order valence-corrected chi connectivity index (χ0v) is 15.5. The number of rotatable bonds is 6. The fraction of sp³-hybridized carbons (Fsp3) is 0.263. The molecule has 0 heterocycles. The van der Waals surface area contributed by atoms with Crippen LogP contribution in [0.1, 0.15) is 35.7 Å². The molecular formula is C19H19BrFNO3. The zero-order chi connectivity index (χ0) is 18.4. The van der Waals surface area contributed by atoms with Crippen LogP contribution in [0.4, 0.5) is 4.39 Å². The highest BCUT2D eigenvalue weighted by atomic mass is 79.9. The van der Waals surface area contributed by atoms with Gasteiger partial charge in [-0.25, -0.2) is 9.18 Å². The molecule has 0 aliphatic heterocycles. The Morgan fingerprint density at radius 1 is 1.16 bits per heavy atom. The third-order valence-corrected chi connectivity index (χ3v) is 4.41. The maximum Gasteiger partial charge on any atom is 0.340 e. The van der Waals surface area contributed by atoms with Crippen molar-refractivity contribution in [2.75, 3.05) is 6.54 Å². The summed E-state index contributed by atoms with van der Waals surface area (Å²) < 4.78 is 18.5. The fourth-order valence-electron chi connectivity index (χ4n) is 2.23. The van der Waals surface area contributed by atoms with E-state index in [0.717, 1.165) is 11.6 Å². The van der Waals surface area contributed by atoms with Gasteiger partial charge in [0.25, 0.3) is 5.91 Å². The van der Waals surface area contributed by atoms with Gasteiger partial charge < -0.3 is 10.1 Å². The molecule has 2 rings (SSSR count). The summed E-state index contributed by atoms with van der Waals surface area (Å²) in [4.78, 5) is 24.2. The summed E-state index contributed by atoms with van der Waals surface area (Å²) >= 11 is 3.11. The van der Waals surface area contributed by atoms with Crippen LogP contribution in [-0.4, -0.2) is 24.5 Å². The molecule has 0 aliphatic carbocycles. The molecule has 4 nitrogen and oxygen atoms in total. The molecule has 6 heteroatoms. The SMILES string of the molecule is C[C@@H](OC(=O)c1ccc(F)cc1Br)C(=O)NC[C@H](C)c1ccccc1. The number of ether oxygens (including phenoxy) is 1. The van der Waals surface area contributed by atoms with Crippen molar-refractivity contribution >= 4 is 27.8 Å². The van der Waals surface area contributed by atoms with E-state index >= 15 is 0 Å². The van der Waals surface area contributed by atoms with Crippen molar-refractivity contribution in [1.82, 2.24) is 5.32 Å². The molecule has 1 amide bonds. The van der Waals surface area contributed by atoms with E-state index in [-0.39, 0.29) is 21.9 Å². The van der Waals surface area contributed by atoms with Gasteiger partial charge in [0, 0.05) is 11.0 Å². The summed E-state index contributed by atoms with van der Waals surface area (Å²) in [5.41, 5.74) is 1.28. The second-order valence-electron chi connectivity index (χ2n) is 5.73. The van der Waals surface area contributed by atoms with Crippen molar-refractivity contribution in [3.63, 3.8) is 0 Å². The Morgan fingerprint density at radius 3 is 2.48 bits per heavy atom. The van der Waals surface area contributed by atoms with Gasteiger partial charge in [-0.1, -0.05) is 37.3 Å². The standard InChI is InChI=1S/C19H19BrFNO3/c1-12(14-6-4-3-5-7-14)11-22-18(23)13(2)25-19(24)16-9-8-15(21)10-17(16)20/h3-10,12-13H,11H2,1-2H3,(H,22,23)/t12-,13+/m0/s1. The van der Waals surface area contributed by atoms with Crippen molar-refractivity contribution in [2.24, 2.45) is 0 Å². The van der Waals surface area contributed by atoms with Gasteiger partial charge in [0.15, 0.2) is 6.10 Å². The summed E-state index contributed by atoms with van der Waals surface area (Å²) in [6, 6.07) is 13.4. The number of halogens is 2. The molecule has 2 aromatic rings. The van der Waals surface area contributed by atoms with E-state index < -0.39 is 17.9 Å². The van der Waals surface area contributed by atoms with Gasteiger partial charge in [0.05, 0.1) is 5.56 Å². The fourth-order valence-corrected chi connectivity index (χ4v) is 2.74. The topological polar surface area (TPSA) is 55.4 Å². The summed E-state index contributed by atoms with van der Waals surface area (Å²) in [5.74, 6) is -1.40. The first kappa shape index (κ1) is 19.1. The van der Waals surface area contributed by atoms with Crippen LogP contribution in [0.3, 0.4) is 0 Å². The van der Waals surface area contributed by atoms with Crippen LogP contribution in [0.5, 0.6) is 0 Å². The summed E-state index contributed by atoms with van der Waals surface area (Å²) in [7, 11) is 0. The number of hydrogen-bond acceptors (Lipinski definition) is 3. The van der Waals surface area contributed by atoms with E-state index in [4.69, 9.17) is 4.74 Å². The number of benzene rings is 2. The van der Waals surface area contributed by atoms with Gasteiger partial charge >= 0.3 is 5.97 Å². The number of carbonyl (C=O) groups is 2. The average molecular weight is 408 g/mol. The Bertz CT molecular complexity index is 752. The highest BCUT2D eigenvalue weighted by Gasteiger charge is 2.21. The molecule has 0 saturated heterocycles. The van der Waals surface area contributed by atoms with Crippen LogP contribution >= 0.6 is 15.9 Å². The third-order valence-electron chi connectivity index (χ3n) is 3.76. The molecule has 0 aromatic heterocycles. The summed E-state index contributed by atoms with van der Waals surface area (Å²) in [5, 5.41) is 2.77. The average Bonchev–Trinajstić information content (AvgIpc) is 2.59. The lowest BCUT2D eigenvalue weighted by molar-refractivity contribution is -0.129. The Labute approximate surface area is 154 Å². The molecule has 0 bridgehead atoms. The van der Waals surface area contributed by atoms with Crippen molar-refractivity contribution in [2.45, 2.75) is 25.9 Å². The minimum atomic E-state index is -0.951. The molecule has 132 valence electrons. The van der Waals surface area contributed by atoms with Crippen molar-refractivity contribution < 1.29 is 18.7 Å². The molecule has 0 radical (unpaired) electrons. The molecule has 0 saturated carbocycles. The van der Waals surface area contributed by atoms with E-state index in [0.29, 0.717) is 6.54 Å². The number of esters is 1. The third kappa shape index (κ3) is 5.39. The maximum absolute atomic E-state index is 13.1. The van der Waals surface area contributed by atoms with Crippen molar-refractivity contribution in [3.8, 4) is 0 Å². The number of amides is 1. The van der Waals surface area contributed by atoms with Gasteiger partial charge in [0.1, 0.15) is 5.82 Å². The number of nitrogens with one attached hydrogen (secondary N) is 1. The van der Waals surface area contributed by atoms with Crippen LogP contribution in [-0.2, 0) is 9.53 Å². The molecule has 0 spiro atoms. The highest BCUT2D eigenvalue weighted by Crippen LogP contribution is 2.19. The van der Waals surface area contributed by atoms with Crippen LogP contribution in [0.25, 0.3) is 0 Å². The van der Waals surface area contributed by atoms with Crippen LogP contribution in [0.15, 0.2) is 53.0 Å². The smallest absolute Gasteiger partial charge is 0.340 e. The minimum Gasteiger partial charge on any atom is -0.449 e. The Morgan fingerprint density at radius 2 is 1.84 bits per heavy atom. The van der Waals surface area contributed by atoms with Gasteiger partial charge in [0.2, 0.25) is 0 Å². The predicted molar refractivity (Wildman–Crippen MR) is 96.8 cm³/mol. The summed E-state index contributed by atoms with van der Waals surface area (Å²) in [6.07, 6.45) is -0.951. The molecule has 0 aliphatic rings. The van der Waals surface area contributed by atoms with Crippen LogP contribution in [0, 0.1) is 5.82 Å². The van der Waals surface area contributed by atoms with E-state index in [1.165, 1.54) is 19.1 Å². The van der Waals surface area contributed by atoms with E-state index in [9.17, 15) is 14.0 Å². The first-order valence-corrected chi connectivity index (χ1v) is 8.66. The number of carbonyl (C=O) groups excluding carboxylic acids is 2. The second kappa shape index (κ2) is 8.76. The lowest BCUT2D eigenvalue weighted by Crippen LogP contribution is -2.37. The van der Waals surface area contributed by atoms with E-state index in [2.05, 4.69) is 21.2 Å². The van der Waals surface area contributed by atoms with Gasteiger partial charge in [-0.15, -0.1) is 0 Å². The molecule has 0 fully saturated rings. The maximum atomic E-state index is 13.1. The number of hydrogen-bond donors (Lipinski definition) is 1. The Hall–Kier alpha value is -2.21. The molecular weight excluding hydrogens is 389 g/mol. The quantitative estimate of drug-likeness (QED) is 0.734. The van der Waals surface area contributed by atoms with E-state index in [1.807, 2.05) is 37.3 Å². The van der Waals surface area contributed by atoms with Gasteiger partial charge in [-0.3, -0.25) is 4.79 Å². The van der Waals surface area contributed by atoms with E-state index in [1.54, 1.807) is 0 Å². The van der Waals surface area contributed by atoms with Crippen LogP contribution in [0.2, 0.25) is 0 Å². The molecule has 1 N–H and O–H groups in total. The first-order valence-electron chi connectivity index (χ1n) is 7.87. The normalized spacial score (nSPS) is 13.0. The molecule has 2 aromatic carbocycles. The minimum absolute atomic E-state index is 0.138. The zero-order valence-electron chi connectivity index (χ0n) is 14.0. The second-order valence-corrected chi connectivity index (χ2v) is 6.58. The summed E-state index contributed by atoms with van der Waals surface area (Å²) in [6.45, 7) is 3.94. The van der Waals surface area contributed by atoms with Gasteiger partial charge in [-0.05, 0) is 52.5 Å². The first-order chi connectivity index (χ1) is 11.9. The monoisotopic (exact) mass is 407 g/mol. The van der Waals surface area contributed by atoms with Crippen molar-refractivity contribution in [3.05, 3.63) is 69.9 Å². The van der Waals surface area contributed by atoms with Crippen LogP contribution < -0.4 is 5.32 Å². The molecule has 25 heavy (non-hydrogen) atoms. The van der Waals surface area contributed by atoms with Crippen molar-refractivity contribution in [1.29, 1.82) is 0 Å². The largest absolute Gasteiger partial charge is 0.449 e. The Kier molecular flexibility index (Phi) is 6.70. The highest BCUT2D eigenvalue weighted by molar-refractivity contribution is 9.10. The lowest BCUT2D eigenvalue weighted by Gasteiger charge is -2.17. The predicted octanol–water partition coefficient (Wildman–Crippen LogP) is 4.05. The Balaban J connectivity index is 1.88. The lowest BCUT2D eigenvalue weighted by atomic mass is 10.0.